The maximum absolute atomic E-state index is 4.51. The molecule has 0 aliphatic heterocycles. The Morgan fingerprint density at radius 3 is 2.36 bits per heavy atom. The van der Waals surface area contributed by atoms with Crippen LogP contribution in [0.15, 0.2) is 48.5 Å². The standard InChI is InChI=1S/C21H24N4/c1-14-6-5-7-18(10-14)13-22-20-12-21(24-17(4)23-20)25-19-11-15(2)8-9-16(19)3/h5-12H,13H2,1-4H3,(H2,22,23,24,25). The van der Waals surface area contributed by atoms with Gasteiger partial charge in [-0.25, -0.2) is 9.97 Å². The quantitative estimate of drug-likeness (QED) is 0.685. The van der Waals surface area contributed by atoms with Crippen LogP contribution in [0.4, 0.5) is 17.3 Å². The summed E-state index contributed by atoms with van der Waals surface area (Å²) in [6.07, 6.45) is 0. The number of nitrogens with zero attached hydrogens (tertiary/aromatic N) is 2. The van der Waals surface area contributed by atoms with E-state index >= 15 is 0 Å². The van der Waals surface area contributed by atoms with Crippen LogP contribution in [-0.2, 0) is 6.54 Å². The van der Waals surface area contributed by atoms with Crippen molar-refractivity contribution >= 4 is 17.3 Å². The molecular formula is C21H24N4. The van der Waals surface area contributed by atoms with E-state index in [1.807, 2.05) is 13.0 Å². The summed E-state index contributed by atoms with van der Waals surface area (Å²) in [6.45, 7) is 8.93. The van der Waals surface area contributed by atoms with Crippen molar-refractivity contribution < 1.29 is 0 Å². The van der Waals surface area contributed by atoms with Crippen LogP contribution in [0.3, 0.4) is 0 Å². The third kappa shape index (κ3) is 4.57. The first-order valence-corrected chi connectivity index (χ1v) is 8.49. The molecular weight excluding hydrogens is 308 g/mol. The largest absolute Gasteiger partial charge is 0.366 e. The molecule has 25 heavy (non-hydrogen) atoms. The lowest BCUT2D eigenvalue weighted by molar-refractivity contribution is 1.02. The van der Waals surface area contributed by atoms with E-state index < -0.39 is 0 Å². The third-order valence-corrected chi connectivity index (χ3v) is 4.05. The van der Waals surface area contributed by atoms with Gasteiger partial charge in [-0.2, -0.15) is 0 Å². The van der Waals surface area contributed by atoms with Crippen LogP contribution in [0.2, 0.25) is 0 Å². The molecule has 0 spiro atoms. The van der Waals surface area contributed by atoms with E-state index in [2.05, 4.69) is 83.8 Å². The zero-order valence-electron chi connectivity index (χ0n) is 15.2. The maximum Gasteiger partial charge on any atom is 0.136 e. The van der Waals surface area contributed by atoms with Crippen LogP contribution < -0.4 is 10.6 Å². The molecule has 0 amide bonds. The second-order valence-electron chi connectivity index (χ2n) is 6.47. The Labute approximate surface area is 149 Å². The van der Waals surface area contributed by atoms with Crippen LogP contribution in [0.25, 0.3) is 0 Å². The third-order valence-electron chi connectivity index (χ3n) is 4.05. The Kier molecular flexibility index (Phi) is 4.98. The minimum Gasteiger partial charge on any atom is -0.366 e. The van der Waals surface area contributed by atoms with Gasteiger partial charge in [-0.3, -0.25) is 0 Å². The van der Waals surface area contributed by atoms with Gasteiger partial charge in [0.2, 0.25) is 0 Å². The highest BCUT2D eigenvalue weighted by molar-refractivity contribution is 5.63. The smallest absolute Gasteiger partial charge is 0.136 e. The molecule has 128 valence electrons. The molecule has 4 heteroatoms. The van der Waals surface area contributed by atoms with Crippen LogP contribution in [0.5, 0.6) is 0 Å². The van der Waals surface area contributed by atoms with Gasteiger partial charge >= 0.3 is 0 Å². The van der Waals surface area contributed by atoms with Gasteiger partial charge in [0.05, 0.1) is 0 Å². The Morgan fingerprint density at radius 1 is 0.800 bits per heavy atom. The molecule has 0 radical (unpaired) electrons. The zero-order chi connectivity index (χ0) is 17.8. The van der Waals surface area contributed by atoms with Gasteiger partial charge in [0, 0.05) is 18.3 Å². The number of nitrogens with one attached hydrogen (secondary N) is 2. The summed E-state index contributed by atoms with van der Waals surface area (Å²) >= 11 is 0. The molecule has 4 nitrogen and oxygen atoms in total. The summed E-state index contributed by atoms with van der Waals surface area (Å²) in [5, 5.41) is 6.80. The summed E-state index contributed by atoms with van der Waals surface area (Å²) in [7, 11) is 0. The lowest BCUT2D eigenvalue weighted by Crippen LogP contribution is -2.05. The first-order valence-electron chi connectivity index (χ1n) is 8.49. The van der Waals surface area contributed by atoms with Crippen molar-refractivity contribution in [3.8, 4) is 0 Å². The van der Waals surface area contributed by atoms with E-state index in [0.29, 0.717) is 0 Å². The number of anilines is 3. The summed E-state index contributed by atoms with van der Waals surface area (Å²) in [5.41, 5.74) is 5.98. The summed E-state index contributed by atoms with van der Waals surface area (Å²) in [4.78, 5) is 9.00. The Morgan fingerprint density at radius 2 is 1.56 bits per heavy atom. The van der Waals surface area contributed by atoms with Gasteiger partial charge in [0.1, 0.15) is 17.5 Å². The van der Waals surface area contributed by atoms with E-state index in [1.165, 1.54) is 22.3 Å². The van der Waals surface area contributed by atoms with E-state index in [0.717, 1.165) is 29.7 Å². The molecule has 3 aromatic rings. The predicted molar refractivity (Wildman–Crippen MR) is 104 cm³/mol. The Balaban J connectivity index is 1.77. The summed E-state index contributed by atoms with van der Waals surface area (Å²) < 4.78 is 0. The molecule has 0 unspecified atom stereocenters. The Bertz CT molecular complexity index is 887. The van der Waals surface area contributed by atoms with E-state index in [1.54, 1.807) is 0 Å². The fourth-order valence-corrected chi connectivity index (χ4v) is 2.75. The van der Waals surface area contributed by atoms with Crippen molar-refractivity contribution in [2.24, 2.45) is 0 Å². The van der Waals surface area contributed by atoms with Gasteiger partial charge < -0.3 is 10.6 Å². The molecule has 0 bridgehead atoms. The molecule has 2 aromatic carbocycles. The van der Waals surface area contributed by atoms with Crippen LogP contribution >= 0.6 is 0 Å². The zero-order valence-corrected chi connectivity index (χ0v) is 15.2. The van der Waals surface area contributed by atoms with Crippen molar-refractivity contribution in [1.82, 2.24) is 9.97 Å². The second-order valence-corrected chi connectivity index (χ2v) is 6.47. The number of benzene rings is 2. The van der Waals surface area contributed by atoms with Gasteiger partial charge in [-0.1, -0.05) is 42.0 Å². The van der Waals surface area contributed by atoms with Crippen molar-refractivity contribution in [3.05, 3.63) is 76.6 Å². The van der Waals surface area contributed by atoms with Crippen LogP contribution in [0.1, 0.15) is 28.1 Å². The van der Waals surface area contributed by atoms with E-state index in [9.17, 15) is 0 Å². The van der Waals surface area contributed by atoms with E-state index in [4.69, 9.17) is 0 Å². The average molecular weight is 332 g/mol. The first-order chi connectivity index (χ1) is 12.0. The first kappa shape index (κ1) is 17.0. The lowest BCUT2D eigenvalue weighted by atomic mass is 10.1. The molecule has 0 saturated carbocycles. The van der Waals surface area contributed by atoms with Gasteiger partial charge in [0.15, 0.2) is 0 Å². The SMILES string of the molecule is Cc1cccc(CNc2cc(Nc3cc(C)ccc3C)nc(C)n2)c1. The highest BCUT2D eigenvalue weighted by atomic mass is 15.1. The summed E-state index contributed by atoms with van der Waals surface area (Å²) in [5.74, 6) is 2.36. The average Bonchev–Trinajstić information content (AvgIpc) is 2.56. The monoisotopic (exact) mass is 332 g/mol. The minimum atomic E-state index is 0.737. The van der Waals surface area contributed by atoms with Crippen LogP contribution in [0, 0.1) is 27.7 Å². The topological polar surface area (TPSA) is 49.8 Å². The minimum absolute atomic E-state index is 0.737. The highest BCUT2D eigenvalue weighted by Gasteiger charge is 2.05. The number of rotatable bonds is 5. The lowest BCUT2D eigenvalue weighted by Gasteiger charge is -2.12. The number of hydrogen-bond donors (Lipinski definition) is 2. The van der Waals surface area contributed by atoms with Crippen LogP contribution in [-0.4, -0.2) is 9.97 Å². The van der Waals surface area contributed by atoms with Crippen molar-refractivity contribution in [2.45, 2.75) is 34.2 Å². The predicted octanol–water partition coefficient (Wildman–Crippen LogP) is 5.07. The molecule has 0 fully saturated rings. The van der Waals surface area contributed by atoms with Gasteiger partial charge in [-0.15, -0.1) is 0 Å². The fourth-order valence-electron chi connectivity index (χ4n) is 2.75. The molecule has 1 aromatic heterocycles. The van der Waals surface area contributed by atoms with Crippen molar-refractivity contribution in [1.29, 1.82) is 0 Å². The molecule has 0 aliphatic carbocycles. The Hall–Kier alpha value is -2.88. The number of aryl methyl sites for hydroxylation is 4. The molecule has 3 rings (SSSR count). The molecule has 0 aliphatic rings. The second kappa shape index (κ2) is 7.34. The fraction of sp³-hybridized carbons (Fsp3) is 0.238. The molecule has 0 saturated heterocycles. The highest BCUT2D eigenvalue weighted by Crippen LogP contribution is 2.22. The number of hydrogen-bond acceptors (Lipinski definition) is 4. The molecule has 2 N–H and O–H groups in total. The van der Waals surface area contributed by atoms with Gasteiger partial charge in [-0.05, 0) is 50.5 Å². The summed E-state index contributed by atoms with van der Waals surface area (Å²) in [6, 6.07) is 16.8. The van der Waals surface area contributed by atoms with Crippen molar-refractivity contribution in [2.75, 3.05) is 10.6 Å². The van der Waals surface area contributed by atoms with Crippen molar-refractivity contribution in [3.63, 3.8) is 0 Å². The maximum atomic E-state index is 4.51. The molecule has 0 atom stereocenters. The van der Waals surface area contributed by atoms with Gasteiger partial charge in [0.25, 0.3) is 0 Å². The normalized spacial score (nSPS) is 10.6. The van der Waals surface area contributed by atoms with E-state index in [-0.39, 0.29) is 0 Å². The molecule has 1 heterocycles. The number of aromatic nitrogens is 2.